The van der Waals surface area contributed by atoms with Crippen LogP contribution in [0, 0.1) is 0 Å². The first-order chi connectivity index (χ1) is 5.95. The summed E-state index contributed by atoms with van der Waals surface area (Å²) in [6, 6.07) is 0. The Bertz CT molecular complexity index is 250. The SMILES string of the molecule is CS(=O)(=O)NC(=O)CCCCCI. The van der Waals surface area contributed by atoms with E-state index in [1.807, 2.05) is 4.72 Å². The molecule has 0 saturated heterocycles. The highest BCUT2D eigenvalue weighted by Gasteiger charge is 2.06. The molecule has 0 aliphatic heterocycles. The summed E-state index contributed by atoms with van der Waals surface area (Å²) in [6.07, 6.45) is 4.08. The van der Waals surface area contributed by atoms with E-state index in [0.29, 0.717) is 6.42 Å². The molecular weight excluding hydrogens is 305 g/mol. The molecule has 0 aliphatic rings. The number of hydrogen-bond donors (Lipinski definition) is 1. The lowest BCUT2D eigenvalue weighted by atomic mass is 10.2. The van der Waals surface area contributed by atoms with Crippen LogP contribution in [0.4, 0.5) is 0 Å². The first-order valence-electron chi connectivity index (χ1n) is 4.02. The lowest BCUT2D eigenvalue weighted by molar-refractivity contribution is -0.119. The van der Waals surface area contributed by atoms with Crippen LogP contribution in [0.1, 0.15) is 25.7 Å². The smallest absolute Gasteiger partial charge is 0.233 e. The van der Waals surface area contributed by atoms with Gasteiger partial charge in [-0.05, 0) is 17.3 Å². The molecule has 13 heavy (non-hydrogen) atoms. The monoisotopic (exact) mass is 319 g/mol. The molecule has 0 spiro atoms. The second-order valence-electron chi connectivity index (χ2n) is 2.80. The van der Waals surface area contributed by atoms with Crippen molar-refractivity contribution in [3.63, 3.8) is 0 Å². The number of amides is 1. The van der Waals surface area contributed by atoms with Crippen LogP contribution < -0.4 is 4.72 Å². The fourth-order valence-corrected chi connectivity index (χ4v) is 1.87. The summed E-state index contributed by atoms with van der Waals surface area (Å²) in [7, 11) is -3.37. The molecule has 0 aromatic rings. The molecule has 0 bridgehead atoms. The molecule has 0 unspecified atom stereocenters. The van der Waals surface area contributed by atoms with Gasteiger partial charge in [-0.3, -0.25) is 9.52 Å². The van der Waals surface area contributed by atoms with Crippen molar-refractivity contribution in [3.05, 3.63) is 0 Å². The molecule has 0 aliphatic carbocycles. The standard InChI is InChI=1S/C7H14INO3S/c1-13(11,12)9-7(10)5-3-2-4-6-8/h2-6H2,1H3,(H,9,10). The number of sulfonamides is 1. The fourth-order valence-electron chi connectivity index (χ4n) is 0.815. The van der Waals surface area contributed by atoms with E-state index in [9.17, 15) is 13.2 Å². The first kappa shape index (κ1) is 13.2. The van der Waals surface area contributed by atoms with Crippen molar-refractivity contribution in [1.29, 1.82) is 0 Å². The van der Waals surface area contributed by atoms with E-state index < -0.39 is 15.9 Å². The molecule has 0 radical (unpaired) electrons. The third kappa shape index (κ3) is 10.1. The van der Waals surface area contributed by atoms with Crippen LogP contribution in [-0.4, -0.2) is 25.0 Å². The van der Waals surface area contributed by atoms with Crippen LogP contribution >= 0.6 is 22.6 Å². The number of halogens is 1. The lowest BCUT2D eigenvalue weighted by Crippen LogP contribution is -2.28. The van der Waals surface area contributed by atoms with Crippen molar-refractivity contribution in [2.45, 2.75) is 25.7 Å². The van der Waals surface area contributed by atoms with Gasteiger partial charge in [0, 0.05) is 6.42 Å². The zero-order chi connectivity index (χ0) is 10.3. The molecule has 1 N–H and O–H groups in total. The lowest BCUT2D eigenvalue weighted by Gasteiger charge is -2.01. The largest absolute Gasteiger partial charge is 0.274 e. The van der Waals surface area contributed by atoms with Crippen LogP contribution in [0.5, 0.6) is 0 Å². The predicted octanol–water partition coefficient (Wildman–Crippen LogP) is 1.06. The number of hydrogen-bond acceptors (Lipinski definition) is 3. The van der Waals surface area contributed by atoms with E-state index in [0.717, 1.165) is 29.9 Å². The van der Waals surface area contributed by atoms with Crippen LogP contribution in [0.2, 0.25) is 0 Å². The highest BCUT2D eigenvalue weighted by molar-refractivity contribution is 14.1. The number of carbonyl (C=O) groups excluding carboxylic acids is 1. The normalized spacial score (nSPS) is 11.2. The number of nitrogens with one attached hydrogen (secondary N) is 1. The van der Waals surface area contributed by atoms with E-state index in [2.05, 4.69) is 22.6 Å². The van der Waals surface area contributed by atoms with Gasteiger partial charge >= 0.3 is 0 Å². The van der Waals surface area contributed by atoms with Crippen LogP contribution in [-0.2, 0) is 14.8 Å². The van der Waals surface area contributed by atoms with E-state index in [1.54, 1.807) is 0 Å². The average molecular weight is 319 g/mol. The van der Waals surface area contributed by atoms with Crippen molar-refractivity contribution in [3.8, 4) is 0 Å². The van der Waals surface area contributed by atoms with Gasteiger partial charge < -0.3 is 0 Å². The van der Waals surface area contributed by atoms with Gasteiger partial charge in [0.15, 0.2) is 0 Å². The van der Waals surface area contributed by atoms with Crippen LogP contribution in [0.25, 0.3) is 0 Å². The van der Waals surface area contributed by atoms with Gasteiger partial charge in [0.1, 0.15) is 0 Å². The second kappa shape index (κ2) is 6.58. The Hall–Kier alpha value is 0.150. The first-order valence-corrected chi connectivity index (χ1v) is 7.44. The van der Waals surface area contributed by atoms with Crippen LogP contribution in [0.3, 0.4) is 0 Å². The summed E-state index contributed by atoms with van der Waals surface area (Å²) in [5.41, 5.74) is 0. The maximum atomic E-state index is 10.9. The Balaban J connectivity index is 3.53. The predicted molar refractivity (Wildman–Crippen MR) is 60.3 cm³/mol. The van der Waals surface area contributed by atoms with Gasteiger partial charge in [0.25, 0.3) is 0 Å². The van der Waals surface area contributed by atoms with E-state index in [-0.39, 0.29) is 0 Å². The van der Waals surface area contributed by atoms with E-state index >= 15 is 0 Å². The van der Waals surface area contributed by atoms with Gasteiger partial charge in [-0.2, -0.15) is 0 Å². The quantitative estimate of drug-likeness (QED) is 0.452. The minimum absolute atomic E-state index is 0.295. The Morgan fingerprint density at radius 1 is 1.31 bits per heavy atom. The fraction of sp³-hybridized carbons (Fsp3) is 0.857. The zero-order valence-corrected chi connectivity index (χ0v) is 10.5. The molecule has 0 fully saturated rings. The molecule has 4 nitrogen and oxygen atoms in total. The van der Waals surface area contributed by atoms with Crippen molar-refractivity contribution in [2.24, 2.45) is 0 Å². The highest BCUT2D eigenvalue weighted by atomic mass is 127. The molecule has 0 atom stereocenters. The summed E-state index contributed by atoms with van der Waals surface area (Å²) in [6.45, 7) is 0. The number of unbranched alkanes of at least 4 members (excludes halogenated alkanes) is 2. The molecule has 78 valence electrons. The van der Waals surface area contributed by atoms with Gasteiger partial charge in [-0.1, -0.05) is 29.0 Å². The molecule has 0 heterocycles. The second-order valence-corrected chi connectivity index (χ2v) is 5.62. The summed E-state index contributed by atoms with van der Waals surface area (Å²) < 4.78 is 24.2. The van der Waals surface area contributed by atoms with Gasteiger partial charge in [-0.25, -0.2) is 8.42 Å². The van der Waals surface area contributed by atoms with Gasteiger partial charge in [-0.15, -0.1) is 0 Å². The summed E-state index contributed by atoms with van der Waals surface area (Å²) in [5, 5.41) is 0. The van der Waals surface area contributed by atoms with E-state index in [4.69, 9.17) is 0 Å². The molecular formula is C7H14INO3S. The summed E-state index contributed by atoms with van der Waals surface area (Å²) in [4.78, 5) is 10.9. The number of carbonyl (C=O) groups is 1. The minimum atomic E-state index is -3.37. The third-order valence-electron chi connectivity index (χ3n) is 1.34. The molecule has 0 rings (SSSR count). The average Bonchev–Trinajstić information content (AvgIpc) is 1.94. The Morgan fingerprint density at radius 3 is 2.38 bits per heavy atom. The van der Waals surface area contributed by atoms with Crippen molar-refractivity contribution in [2.75, 3.05) is 10.7 Å². The summed E-state index contributed by atoms with van der Waals surface area (Å²) in [5.74, 6) is -0.407. The van der Waals surface area contributed by atoms with Crippen molar-refractivity contribution >= 4 is 38.5 Å². The van der Waals surface area contributed by atoms with Crippen LogP contribution in [0.15, 0.2) is 0 Å². The topological polar surface area (TPSA) is 63.2 Å². The highest BCUT2D eigenvalue weighted by Crippen LogP contribution is 2.02. The number of alkyl halides is 1. The number of rotatable bonds is 6. The summed E-state index contributed by atoms with van der Waals surface area (Å²) >= 11 is 2.27. The molecule has 0 aromatic heterocycles. The maximum absolute atomic E-state index is 10.9. The van der Waals surface area contributed by atoms with Gasteiger partial charge in [0.05, 0.1) is 6.26 Å². The Morgan fingerprint density at radius 2 is 1.92 bits per heavy atom. The van der Waals surface area contributed by atoms with Crippen molar-refractivity contribution in [1.82, 2.24) is 4.72 Å². The molecule has 0 saturated carbocycles. The molecule has 6 heteroatoms. The van der Waals surface area contributed by atoms with Gasteiger partial charge in [0.2, 0.25) is 15.9 Å². The molecule has 0 aromatic carbocycles. The van der Waals surface area contributed by atoms with Crippen molar-refractivity contribution < 1.29 is 13.2 Å². The van der Waals surface area contributed by atoms with E-state index in [1.165, 1.54) is 0 Å². The maximum Gasteiger partial charge on any atom is 0.233 e. The molecule has 1 amide bonds. The Labute approximate surface area is 92.7 Å². The Kier molecular flexibility index (Phi) is 6.66. The zero-order valence-electron chi connectivity index (χ0n) is 7.55. The third-order valence-corrected chi connectivity index (χ3v) is 2.70. The minimum Gasteiger partial charge on any atom is -0.274 e.